The summed E-state index contributed by atoms with van der Waals surface area (Å²) in [6.45, 7) is 8.33. The van der Waals surface area contributed by atoms with Gasteiger partial charge in [-0.3, -0.25) is 20.5 Å². The molecule has 2 aliphatic heterocycles. The second kappa shape index (κ2) is 10.5. The molecular weight excluding hydrogens is 442 g/mol. The second-order valence-electron chi connectivity index (χ2n) is 9.43. The second-order valence-corrected chi connectivity index (χ2v) is 9.43. The maximum atomic E-state index is 12.6. The highest BCUT2D eigenvalue weighted by Crippen LogP contribution is 2.42. The summed E-state index contributed by atoms with van der Waals surface area (Å²) in [6, 6.07) is 11.8. The van der Waals surface area contributed by atoms with Crippen molar-refractivity contribution < 1.29 is 14.3 Å². The van der Waals surface area contributed by atoms with E-state index in [1.165, 1.54) is 5.56 Å². The third-order valence-corrected chi connectivity index (χ3v) is 6.46. The summed E-state index contributed by atoms with van der Waals surface area (Å²) in [5.41, 5.74) is 4.62. The molecule has 0 aliphatic carbocycles. The normalized spacial score (nSPS) is 19.3. The lowest BCUT2D eigenvalue weighted by molar-refractivity contribution is 0.0975. The minimum atomic E-state index is -0.320. The molecule has 2 heterocycles. The molecule has 3 N–H and O–H groups in total. The fourth-order valence-electron chi connectivity index (χ4n) is 4.83. The molecule has 8 heteroatoms. The molecule has 1 amide bonds. The number of guanidine groups is 1. The van der Waals surface area contributed by atoms with Crippen LogP contribution < -0.4 is 20.1 Å². The van der Waals surface area contributed by atoms with Gasteiger partial charge < -0.3 is 19.7 Å². The molecule has 1 saturated heterocycles. The van der Waals surface area contributed by atoms with E-state index in [-0.39, 0.29) is 24.0 Å². The highest BCUT2D eigenvalue weighted by atomic mass is 16.5. The van der Waals surface area contributed by atoms with E-state index < -0.39 is 0 Å². The number of hydrogen-bond acceptors (Lipinski definition) is 6. The lowest BCUT2D eigenvalue weighted by Crippen LogP contribution is -2.43. The zero-order valence-electron chi connectivity index (χ0n) is 21.1. The number of likely N-dealkylation sites (tertiary alicyclic amines) is 1. The van der Waals surface area contributed by atoms with Crippen LogP contribution in [0.3, 0.4) is 0 Å². The number of benzene rings is 2. The molecule has 2 aromatic carbocycles. The van der Waals surface area contributed by atoms with E-state index >= 15 is 0 Å². The van der Waals surface area contributed by atoms with Crippen LogP contribution in [-0.2, 0) is 0 Å². The zero-order valence-corrected chi connectivity index (χ0v) is 21.1. The molecule has 2 atom stereocenters. The number of aliphatic imine (C=N–C) groups is 1. The van der Waals surface area contributed by atoms with Gasteiger partial charge in [0.25, 0.3) is 5.91 Å². The summed E-state index contributed by atoms with van der Waals surface area (Å²) < 4.78 is 11.5. The molecular formula is C27H35N5O3. The summed E-state index contributed by atoms with van der Waals surface area (Å²) in [5.74, 6) is 1.41. The van der Waals surface area contributed by atoms with Crippen molar-refractivity contribution >= 4 is 17.6 Å². The summed E-state index contributed by atoms with van der Waals surface area (Å²) in [5, 5.41) is 13.3. The first-order valence-corrected chi connectivity index (χ1v) is 12.2. The van der Waals surface area contributed by atoms with Crippen molar-refractivity contribution in [1.82, 2.24) is 15.5 Å². The van der Waals surface area contributed by atoms with Crippen molar-refractivity contribution in [3.63, 3.8) is 0 Å². The van der Waals surface area contributed by atoms with E-state index in [1.54, 1.807) is 19.2 Å². The highest BCUT2D eigenvalue weighted by Gasteiger charge is 2.36. The molecule has 0 spiro atoms. The number of amides is 1. The molecule has 4 rings (SSSR count). The lowest BCUT2D eigenvalue weighted by Gasteiger charge is -2.39. The zero-order chi connectivity index (χ0) is 25.1. The number of hydrogen-bond donors (Lipinski definition) is 3. The van der Waals surface area contributed by atoms with E-state index in [1.807, 2.05) is 39.0 Å². The largest absolute Gasteiger partial charge is 0.493 e. The van der Waals surface area contributed by atoms with E-state index in [9.17, 15) is 4.79 Å². The molecule has 8 nitrogen and oxygen atoms in total. The molecule has 35 heavy (non-hydrogen) atoms. The third-order valence-electron chi connectivity index (χ3n) is 6.46. The Bertz CT molecular complexity index is 1130. The summed E-state index contributed by atoms with van der Waals surface area (Å²) in [4.78, 5) is 20.1. The van der Waals surface area contributed by atoms with Crippen LogP contribution in [0.5, 0.6) is 11.5 Å². The van der Waals surface area contributed by atoms with E-state index in [0.29, 0.717) is 23.8 Å². The van der Waals surface area contributed by atoms with Gasteiger partial charge in [-0.2, -0.15) is 0 Å². The fourth-order valence-corrected chi connectivity index (χ4v) is 4.83. The van der Waals surface area contributed by atoms with Crippen LogP contribution in [0.4, 0.5) is 0 Å². The Morgan fingerprint density at radius 2 is 1.97 bits per heavy atom. The van der Waals surface area contributed by atoms with Crippen LogP contribution in [-0.4, -0.2) is 68.4 Å². The number of methoxy groups -OCH3 is 1. The van der Waals surface area contributed by atoms with Crippen molar-refractivity contribution in [2.45, 2.75) is 45.2 Å². The maximum Gasteiger partial charge on any atom is 0.257 e. The first kappa shape index (κ1) is 24.7. The van der Waals surface area contributed by atoms with Gasteiger partial charge in [0.05, 0.1) is 25.5 Å². The predicted octanol–water partition coefficient (Wildman–Crippen LogP) is 3.40. The lowest BCUT2D eigenvalue weighted by atomic mass is 9.79. The molecule has 0 unspecified atom stereocenters. The van der Waals surface area contributed by atoms with Crippen LogP contribution in [0.1, 0.15) is 60.2 Å². The van der Waals surface area contributed by atoms with Gasteiger partial charge in [-0.25, -0.2) is 0 Å². The molecule has 0 aromatic heterocycles. The number of fused-ring (bicyclic) bond motifs is 3. The first-order chi connectivity index (χ1) is 16.8. The monoisotopic (exact) mass is 477 g/mol. The van der Waals surface area contributed by atoms with Crippen LogP contribution in [0.2, 0.25) is 0 Å². The molecule has 0 saturated carbocycles. The van der Waals surface area contributed by atoms with Crippen molar-refractivity contribution in [2.24, 2.45) is 4.99 Å². The van der Waals surface area contributed by atoms with Crippen LogP contribution >= 0.6 is 0 Å². The first-order valence-electron chi connectivity index (χ1n) is 12.2. The molecule has 1 fully saturated rings. The topological polar surface area (TPSA) is 99.0 Å². The van der Waals surface area contributed by atoms with Gasteiger partial charge in [-0.05, 0) is 70.6 Å². The summed E-state index contributed by atoms with van der Waals surface area (Å²) >= 11 is 0. The number of ether oxygens (including phenoxy) is 2. The number of carbonyl (C=O) groups is 1. The van der Waals surface area contributed by atoms with Crippen molar-refractivity contribution in [3.05, 3.63) is 58.7 Å². The highest BCUT2D eigenvalue weighted by molar-refractivity contribution is 6.15. The van der Waals surface area contributed by atoms with Crippen LogP contribution in [0.15, 0.2) is 41.4 Å². The van der Waals surface area contributed by atoms with Gasteiger partial charge in [-0.15, -0.1) is 0 Å². The van der Waals surface area contributed by atoms with Gasteiger partial charge in [-0.1, -0.05) is 12.1 Å². The number of likely N-dealkylation sites (N-methyl/N-ethyl adjacent to an activating group) is 1. The Kier molecular flexibility index (Phi) is 7.40. The SMILES string of the molecule is CCOc1cc2c(cc1OC)C(c1ccc(C(=O)NC(=N)NC(C)C)cc1)=N[C@@H]1CCN(C)C[C@H]21. The Morgan fingerprint density at radius 3 is 2.63 bits per heavy atom. The Labute approximate surface area is 207 Å². The van der Waals surface area contributed by atoms with E-state index in [4.69, 9.17) is 19.9 Å². The number of rotatable bonds is 6. The van der Waals surface area contributed by atoms with E-state index in [2.05, 4.69) is 28.6 Å². The van der Waals surface area contributed by atoms with Gasteiger partial charge >= 0.3 is 0 Å². The standard InChI is InChI=1S/C27H35N5O3/c1-6-35-24-13-19-20(14-23(24)34-5)25(30-22-11-12-32(4)15-21(19)22)17-7-9-18(10-8-17)26(33)31-27(28)29-16(2)3/h7-10,13-14,16,21-22H,6,11-12,15H2,1-5H3,(H3,28,29,31,33)/t21-,22-/m1/s1. The van der Waals surface area contributed by atoms with Crippen molar-refractivity contribution in [3.8, 4) is 11.5 Å². The van der Waals surface area contributed by atoms with Gasteiger partial charge in [0, 0.05) is 35.2 Å². The average Bonchev–Trinajstić information content (AvgIpc) is 2.83. The number of nitrogens with one attached hydrogen (secondary N) is 3. The van der Waals surface area contributed by atoms with Crippen LogP contribution in [0.25, 0.3) is 0 Å². The van der Waals surface area contributed by atoms with Crippen molar-refractivity contribution in [2.75, 3.05) is 33.9 Å². The number of carbonyl (C=O) groups excluding carboxylic acids is 1. The quantitative estimate of drug-likeness (QED) is 0.438. The predicted molar refractivity (Wildman–Crippen MR) is 138 cm³/mol. The Morgan fingerprint density at radius 1 is 1.23 bits per heavy atom. The molecule has 186 valence electrons. The summed E-state index contributed by atoms with van der Waals surface area (Å²) in [7, 11) is 3.81. The summed E-state index contributed by atoms with van der Waals surface area (Å²) in [6.07, 6.45) is 0.992. The molecule has 0 radical (unpaired) electrons. The minimum Gasteiger partial charge on any atom is -0.493 e. The smallest absolute Gasteiger partial charge is 0.257 e. The molecule has 2 aromatic rings. The maximum absolute atomic E-state index is 12.6. The third kappa shape index (κ3) is 5.32. The minimum absolute atomic E-state index is 0.00911. The number of piperidine rings is 1. The Balaban J connectivity index is 1.68. The number of nitrogens with zero attached hydrogens (tertiary/aromatic N) is 2. The van der Waals surface area contributed by atoms with E-state index in [0.717, 1.165) is 42.1 Å². The Hall–Kier alpha value is -3.39. The molecule has 2 aliphatic rings. The van der Waals surface area contributed by atoms with Gasteiger partial charge in [0.15, 0.2) is 17.5 Å². The molecule has 0 bridgehead atoms. The average molecular weight is 478 g/mol. The van der Waals surface area contributed by atoms with Crippen LogP contribution in [0, 0.1) is 5.41 Å². The van der Waals surface area contributed by atoms with Crippen molar-refractivity contribution in [1.29, 1.82) is 5.41 Å². The van der Waals surface area contributed by atoms with Gasteiger partial charge in [0.1, 0.15) is 0 Å². The van der Waals surface area contributed by atoms with Gasteiger partial charge in [0.2, 0.25) is 0 Å². The fraction of sp³-hybridized carbons (Fsp3) is 0.444.